The summed E-state index contributed by atoms with van der Waals surface area (Å²) in [6.45, 7) is 2.46. The Labute approximate surface area is 132 Å². The third-order valence-corrected chi connectivity index (χ3v) is 4.33. The Morgan fingerprint density at radius 3 is 2.96 bits per heavy atom. The zero-order valence-corrected chi connectivity index (χ0v) is 12.7. The van der Waals surface area contributed by atoms with E-state index in [9.17, 15) is 9.59 Å². The van der Waals surface area contributed by atoms with Crippen LogP contribution in [0, 0.1) is 6.92 Å². The fraction of sp³-hybridized carbons (Fsp3) is 0.167. The highest BCUT2D eigenvalue weighted by Crippen LogP contribution is 2.28. The minimum Gasteiger partial charge on any atom is -0.321 e. The molecule has 0 fully saturated rings. The summed E-state index contributed by atoms with van der Waals surface area (Å²) >= 11 is 0. The van der Waals surface area contributed by atoms with Gasteiger partial charge in [-0.3, -0.25) is 14.6 Å². The molecule has 0 bridgehead atoms. The number of nitrogens with one attached hydrogen (secondary N) is 1. The SMILES string of the molecule is Cc1nccc2[nH]c(=O)c(C(=O)N3CCc4ccccc43)cc12. The van der Waals surface area contributed by atoms with E-state index in [0.29, 0.717) is 12.1 Å². The molecule has 3 aromatic rings. The summed E-state index contributed by atoms with van der Waals surface area (Å²) in [6.07, 6.45) is 2.46. The minimum atomic E-state index is -0.363. The molecule has 114 valence electrons. The van der Waals surface area contributed by atoms with E-state index >= 15 is 0 Å². The number of aromatic nitrogens is 2. The molecule has 1 amide bonds. The lowest BCUT2D eigenvalue weighted by atomic mass is 10.1. The first-order valence-electron chi connectivity index (χ1n) is 7.53. The van der Waals surface area contributed by atoms with Gasteiger partial charge in [0.1, 0.15) is 5.56 Å². The highest BCUT2D eigenvalue weighted by molar-refractivity contribution is 6.08. The largest absolute Gasteiger partial charge is 0.321 e. The first-order chi connectivity index (χ1) is 11.1. The second-order valence-electron chi connectivity index (χ2n) is 5.71. The van der Waals surface area contributed by atoms with Crippen molar-refractivity contribution in [3.05, 3.63) is 69.8 Å². The summed E-state index contributed by atoms with van der Waals surface area (Å²) < 4.78 is 0. The Hall–Kier alpha value is -2.95. The molecule has 0 saturated carbocycles. The second kappa shape index (κ2) is 5.05. The van der Waals surface area contributed by atoms with Gasteiger partial charge in [0.15, 0.2) is 0 Å². The fourth-order valence-electron chi connectivity index (χ4n) is 3.12. The summed E-state index contributed by atoms with van der Waals surface area (Å²) in [5.41, 5.74) is 3.30. The molecular weight excluding hydrogens is 290 g/mol. The van der Waals surface area contributed by atoms with Crippen molar-refractivity contribution in [3.8, 4) is 0 Å². The lowest BCUT2D eigenvalue weighted by molar-refractivity contribution is 0.0988. The van der Waals surface area contributed by atoms with E-state index in [1.165, 1.54) is 0 Å². The number of para-hydroxylation sites is 1. The number of rotatable bonds is 1. The zero-order chi connectivity index (χ0) is 16.0. The number of hydrogen-bond acceptors (Lipinski definition) is 3. The smallest absolute Gasteiger partial charge is 0.263 e. The van der Waals surface area contributed by atoms with E-state index in [1.54, 1.807) is 23.2 Å². The number of nitrogens with zero attached hydrogens (tertiary/aromatic N) is 2. The van der Waals surface area contributed by atoms with Crippen LogP contribution < -0.4 is 10.5 Å². The third-order valence-electron chi connectivity index (χ3n) is 4.33. The van der Waals surface area contributed by atoms with Crippen molar-refractivity contribution in [2.24, 2.45) is 0 Å². The van der Waals surface area contributed by atoms with Crippen molar-refractivity contribution in [2.45, 2.75) is 13.3 Å². The number of benzene rings is 1. The van der Waals surface area contributed by atoms with Gasteiger partial charge in [0.2, 0.25) is 0 Å². The molecule has 0 radical (unpaired) electrons. The van der Waals surface area contributed by atoms with E-state index in [2.05, 4.69) is 9.97 Å². The van der Waals surface area contributed by atoms with Crippen molar-refractivity contribution in [3.63, 3.8) is 0 Å². The molecule has 1 N–H and O–H groups in total. The molecule has 5 nitrogen and oxygen atoms in total. The standard InChI is InChI=1S/C18H15N3O2/c1-11-13-10-14(17(22)20-15(13)6-8-19-11)18(23)21-9-7-12-4-2-3-5-16(12)21/h2-6,8,10H,7,9H2,1H3,(H,20,22). The highest BCUT2D eigenvalue weighted by atomic mass is 16.2. The van der Waals surface area contributed by atoms with Gasteiger partial charge >= 0.3 is 0 Å². The summed E-state index contributed by atoms with van der Waals surface area (Å²) in [4.78, 5) is 33.9. The van der Waals surface area contributed by atoms with Crippen LogP contribution in [0.15, 0.2) is 47.4 Å². The molecule has 0 unspecified atom stereocenters. The number of aryl methyl sites for hydroxylation is 1. The van der Waals surface area contributed by atoms with Crippen LogP contribution in [0.1, 0.15) is 21.6 Å². The van der Waals surface area contributed by atoms with Crippen molar-refractivity contribution in [1.82, 2.24) is 9.97 Å². The quantitative estimate of drug-likeness (QED) is 0.751. The maximum absolute atomic E-state index is 12.9. The Balaban J connectivity index is 1.84. The molecule has 5 heteroatoms. The van der Waals surface area contributed by atoms with Crippen molar-refractivity contribution in [2.75, 3.05) is 11.4 Å². The van der Waals surface area contributed by atoms with Gasteiger partial charge in [-0.05, 0) is 37.1 Å². The summed E-state index contributed by atoms with van der Waals surface area (Å²) in [5, 5.41) is 0.794. The number of H-pyrrole nitrogens is 1. The molecule has 23 heavy (non-hydrogen) atoms. The molecule has 2 aromatic heterocycles. The maximum Gasteiger partial charge on any atom is 0.263 e. The Bertz CT molecular complexity index is 991. The molecule has 0 spiro atoms. The monoisotopic (exact) mass is 305 g/mol. The molecule has 4 rings (SSSR count). The van der Waals surface area contributed by atoms with Crippen LogP contribution in [0.25, 0.3) is 10.9 Å². The molecule has 3 heterocycles. The average Bonchev–Trinajstić information content (AvgIpc) is 2.98. The molecule has 0 atom stereocenters. The van der Waals surface area contributed by atoms with Gasteiger partial charge in [-0.15, -0.1) is 0 Å². The lowest BCUT2D eigenvalue weighted by Crippen LogP contribution is -2.33. The van der Waals surface area contributed by atoms with Gasteiger partial charge in [0.05, 0.1) is 5.52 Å². The Morgan fingerprint density at radius 2 is 2.09 bits per heavy atom. The van der Waals surface area contributed by atoms with Crippen LogP contribution in [-0.4, -0.2) is 22.4 Å². The topological polar surface area (TPSA) is 66.1 Å². The lowest BCUT2D eigenvalue weighted by Gasteiger charge is -2.17. The van der Waals surface area contributed by atoms with Crippen LogP contribution in [0.4, 0.5) is 5.69 Å². The third kappa shape index (κ3) is 2.12. The number of carbonyl (C=O) groups excluding carboxylic acids is 1. The number of carbonyl (C=O) groups is 1. The molecule has 1 aliphatic heterocycles. The summed E-state index contributed by atoms with van der Waals surface area (Å²) in [7, 11) is 0. The predicted octanol–water partition coefficient (Wildman–Crippen LogP) is 2.43. The van der Waals surface area contributed by atoms with E-state index in [4.69, 9.17) is 0 Å². The van der Waals surface area contributed by atoms with Gasteiger partial charge in [-0.1, -0.05) is 18.2 Å². The number of pyridine rings is 2. The predicted molar refractivity (Wildman–Crippen MR) is 88.9 cm³/mol. The van der Waals surface area contributed by atoms with Crippen molar-refractivity contribution >= 4 is 22.5 Å². The highest BCUT2D eigenvalue weighted by Gasteiger charge is 2.27. The summed E-state index contributed by atoms with van der Waals surface area (Å²) in [5.74, 6) is -0.263. The fourth-order valence-corrected chi connectivity index (χ4v) is 3.12. The normalized spacial score (nSPS) is 13.3. The number of amides is 1. The van der Waals surface area contributed by atoms with Gasteiger partial charge in [0.25, 0.3) is 11.5 Å². The van der Waals surface area contributed by atoms with Gasteiger partial charge in [0, 0.05) is 29.5 Å². The van der Waals surface area contributed by atoms with Crippen molar-refractivity contribution in [1.29, 1.82) is 0 Å². The van der Waals surface area contributed by atoms with Crippen LogP contribution in [0.2, 0.25) is 0 Å². The molecule has 0 saturated heterocycles. The molecule has 1 aliphatic rings. The van der Waals surface area contributed by atoms with Crippen molar-refractivity contribution < 1.29 is 4.79 Å². The van der Waals surface area contributed by atoms with Gasteiger partial charge < -0.3 is 9.88 Å². The molecule has 0 aliphatic carbocycles. The van der Waals surface area contributed by atoms with E-state index in [-0.39, 0.29) is 17.0 Å². The number of aromatic amines is 1. The number of anilines is 1. The first kappa shape index (κ1) is 13.7. The second-order valence-corrected chi connectivity index (χ2v) is 5.71. The average molecular weight is 305 g/mol. The first-order valence-corrected chi connectivity index (χ1v) is 7.53. The maximum atomic E-state index is 12.9. The minimum absolute atomic E-state index is 0.158. The number of hydrogen-bond donors (Lipinski definition) is 1. The van der Waals surface area contributed by atoms with E-state index in [0.717, 1.165) is 28.8 Å². The van der Waals surface area contributed by atoms with E-state index < -0.39 is 0 Å². The summed E-state index contributed by atoms with van der Waals surface area (Å²) in [6, 6.07) is 11.2. The molecular formula is C18H15N3O2. The van der Waals surface area contributed by atoms with E-state index in [1.807, 2.05) is 31.2 Å². The van der Waals surface area contributed by atoms with Gasteiger partial charge in [-0.25, -0.2) is 0 Å². The molecule has 1 aromatic carbocycles. The van der Waals surface area contributed by atoms with Crippen LogP contribution >= 0.6 is 0 Å². The van der Waals surface area contributed by atoms with Crippen LogP contribution in [0.3, 0.4) is 0 Å². The van der Waals surface area contributed by atoms with Crippen LogP contribution in [-0.2, 0) is 6.42 Å². The number of fused-ring (bicyclic) bond motifs is 2. The zero-order valence-electron chi connectivity index (χ0n) is 12.7. The Morgan fingerprint density at radius 1 is 1.26 bits per heavy atom. The Kier molecular flexibility index (Phi) is 3.01. The van der Waals surface area contributed by atoms with Crippen LogP contribution in [0.5, 0.6) is 0 Å². The van der Waals surface area contributed by atoms with Gasteiger partial charge in [-0.2, -0.15) is 0 Å².